The highest BCUT2D eigenvalue weighted by molar-refractivity contribution is 6.73. The molecule has 0 heterocycles. The quantitative estimate of drug-likeness (QED) is 0.522. The van der Waals surface area contributed by atoms with Crippen molar-refractivity contribution in [3.05, 3.63) is 34.1 Å². The minimum Gasteiger partial charge on any atom is -0.546 e. The van der Waals surface area contributed by atoms with E-state index in [2.05, 4.69) is 26.8 Å². The molecule has 0 saturated heterocycles. The average molecular weight is 347 g/mol. The van der Waals surface area contributed by atoms with Gasteiger partial charge in [-0.3, -0.25) is 9.59 Å². The molecule has 2 aliphatic rings. The fraction of sp³-hybridized carbons (Fsp3) is 0.600. The molecule has 0 N–H and O–H groups in total. The van der Waals surface area contributed by atoms with Crippen molar-refractivity contribution in [2.24, 2.45) is 11.8 Å². The van der Waals surface area contributed by atoms with Crippen LogP contribution in [0.3, 0.4) is 0 Å². The normalized spacial score (nSPS) is 25.0. The predicted molar refractivity (Wildman–Crippen MR) is 100 cm³/mol. The number of allylic oxidation sites excluding steroid dienone is 5. The first-order valence-corrected chi connectivity index (χ1v) is 11.7. The smallest absolute Gasteiger partial charge is 0.250 e. The molecule has 0 saturated carbocycles. The summed E-state index contributed by atoms with van der Waals surface area (Å²) in [4.78, 5) is 25.6. The zero-order chi connectivity index (χ0) is 18.2. The van der Waals surface area contributed by atoms with E-state index in [1.165, 1.54) is 0 Å². The van der Waals surface area contributed by atoms with Gasteiger partial charge >= 0.3 is 0 Å². The van der Waals surface area contributed by atoms with Crippen LogP contribution >= 0.6 is 0 Å². The van der Waals surface area contributed by atoms with Gasteiger partial charge in [0.15, 0.2) is 11.6 Å². The van der Waals surface area contributed by atoms with E-state index in [1.54, 1.807) is 13.8 Å². The first-order chi connectivity index (χ1) is 11.2. The average Bonchev–Trinajstić information content (AvgIpc) is 2.58. The van der Waals surface area contributed by atoms with Crippen LogP contribution in [0.5, 0.6) is 0 Å². The molecule has 0 radical (unpaired) electrons. The Bertz CT molecular complexity index is 654. The summed E-state index contributed by atoms with van der Waals surface area (Å²) in [6.07, 6.45) is 2.07. The lowest BCUT2D eigenvalue weighted by Crippen LogP contribution is -2.39. The summed E-state index contributed by atoms with van der Waals surface area (Å²) in [5.74, 6) is 0.760. The summed E-state index contributed by atoms with van der Waals surface area (Å²) in [7, 11) is -1.80. The van der Waals surface area contributed by atoms with Crippen molar-refractivity contribution in [1.29, 1.82) is 0 Å². The Morgan fingerprint density at radius 1 is 0.917 bits per heavy atom. The van der Waals surface area contributed by atoms with Gasteiger partial charge in [0.05, 0.1) is 5.76 Å². The third kappa shape index (κ3) is 2.85. The van der Waals surface area contributed by atoms with Crippen LogP contribution in [-0.2, 0) is 14.0 Å². The van der Waals surface area contributed by atoms with E-state index in [9.17, 15) is 9.59 Å². The molecule has 0 bridgehead atoms. The van der Waals surface area contributed by atoms with Crippen LogP contribution in [0.1, 0.15) is 48.5 Å². The third-order valence-electron chi connectivity index (χ3n) is 6.02. The lowest BCUT2D eigenvalue weighted by molar-refractivity contribution is -0.117. The molecule has 2 rings (SSSR count). The number of carbonyl (C=O) groups is 2. The van der Waals surface area contributed by atoms with Gasteiger partial charge in [0.2, 0.25) is 8.32 Å². The Morgan fingerprint density at radius 2 is 1.38 bits per heavy atom. The van der Waals surface area contributed by atoms with Crippen LogP contribution < -0.4 is 0 Å². The number of ketones is 2. The van der Waals surface area contributed by atoms with Crippen LogP contribution in [0.25, 0.3) is 0 Å². The molecule has 0 aromatic heterocycles. The van der Waals surface area contributed by atoms with Crippen LogP contribution in [0, 0.1) is 11.8 Å². The van der Waals surface area contributed by atoms with E-state index in [1.807, 2.05) is 13.8 Å². The molecule has 3 nitrogen and oxygen atoms in total. The van der Waals surface area contributed by atoms with Crippen molar-refractivity contribution in [1.82, 2.24) is 0 Å². The Morgan fingerprint density at radius 3 is 1.83 bits per heavy atom. The molecule has 4 heteroatoms. The number of hydrogen-bond donors (Lipinski definition) is 0. The van der Waals surface area contributed by atoms with E-state index >= 15 is 0 Å². The second-order valence-corrected chi connectivity index (χ2v) is 11.9. The Labute approximate surface area is 147 Å². The fourth-order valence-corrected chi connectivity index (χ4v) is 6.50. The van der Waals surface area contributed by atoms with Crippen LogP contribution in [-0.4, -0.2) is 19.9 Å². The largest absolute Gasteiger partial charge is 0.546 e. The number of hydrogen-bond acceptors (Lipinski definition) is 3. The van der Waals surface area contributed by atoms with Gasteiger partial charge < -0.3 is 4.43 Å². The Kier molecular flexibility index (Phi) is 5.38. The standard InChI is InChI=1S/C20H30O3Si/c1-8-24(9-2,10-3)23-16-11-12(4)17-18(15(16)7)20(22)14(6)13(5)19(17)21/h11-12,15H,8-10H2,1-7H3/t12-,15+/m1/s1. The van der Waals surface area contributed by atoms with E-state index in [-0.39, 0.29) is 23.4 Å². The SMILES string of the molecule is CC[Si](CC)(CC)OC1=C[C@@H](C)C2=C(C(=O)C(C)=C(C)C2=O)[C@H]1C. The molecular formula is C20H30O3Si. The van der Waals surface area contributed by atoms with Crippen LogP contribution in [0.4, 0.5) is 0 Å². The van der Waals surface area contributed by atoms with E-state index in [0.29, 0.717) is 22.3 Å². The van der Waals surface area contributed by atoms with E-state index in [0.717, 1.165) is 23.9 Å². The van der Waals surface area contributed by atoms with Crippen molar-refractivity contribution in [3.63, 3.8) is 0 Å². The summed E-state index contributed by atoms with van der Waals surface area (Å²) in [5, 5.41) is 0. The Balaban J connectivity index is 2.44. The number of rotatable bonds is 5. The molecule has 2 aliphatic carbocycles. The minimum absolute atomic E-state index is 0.0208. The first kappa shape index (κ1) is 18.9. The van der Waals surface area contributed by atoms with Crippen molar-refractivity contribution < 1.29 is 14.0 Å². The molecular weight excluding hydrogens is 316 g/mol. The van der Waals surface area contributed by atoms with Gasteiger partial charge in [0.25, 0.3) is 0 Å². The minimum atomic E-state index is -1.80. The van der Waals surface area contributed by atoms with Crippen molar-refractivity contribution in [3.8, 4) is 0 Å². The highest BCUT2D eigenvalue weighted by Gasteiger charge is 2.41. The second kappa shape index (κ2) is 6.83. The molecule has 0 amide bonds. The van der Waals surface area contributed by atoms with E-state index in [4.69, 9.17) is 4.43 Å². The summed E-state index contributed by atoms with van der Waals surface area (Å²) in [6, 6.07) is 3.19. The maximum atomic E-state index is 12.9. The zero-order valence-electron chi connectivity index (χ0n) is 16.1. The molecule has 132 valence electrons. The molecule has 0 aromatic rings. The van der Waals surface area contributed by atoms with Gasteiger partial charge in [-0.05, 0) is 38.1 Å². The van der Waals surface area contributed by atoms with Crippen molar-refractivity contribution in [2.45, 2.75) is 66.6 Å². The fourth-order valence-electron chi connectivity index (χ4n) is 3.83. The monoisotopic (exact) mass is 346 g/mol. The molecule has 0 aliphatic heterocycles. The highest BCUT2D eigenvalue weighted by atomic mass is 28.4. The Hall–Kier alpha value is -1.42. The lowest BCUT2D eigenvalue weighted by atomic mass is 9.72. The van der Waals surface area contributed by atoms with Gasteiger partial charge in [0, 0.05) is 34.1 Å². The molecule has 0 fully saturated rings. The molecule has 0 unspecified atom stereocenters. The molecule has 2 atom stereocenters. The highest BCUT2D eigenvalue weighted by Crippen LogP contribution is 2.42. The van der Waals surface area contributed by atoms with Crippen molar-refractivity contribution >= 4 is 19.9 Å². The molecule has 24 heavy (non-hydrogen) atoms. The topological polar surface area (TPSA) is 43.4 Å². The van der Waals surface area contributed by atoms with Crippen LogP contribution in [0.15, 0.2) is 34.1 Å². The van der Waals surface area contributed by atoms with Gasteiger partial charge in [-0.15, -0.1) is 0 Å². The second-order valence-electron chi connectivity index (χ2n) is 7.16. The molecule has 0 spiro atoms. The maximum absolute atomic E-state index is 12.9. The van der Waals surface area contributed by atoms with Gasteiger partial charge in [-0.2, -0.15) is 0 Å². The zero-order valence-corrected chi connectivity index (χ0v) is 17.1. The van der Waals surface area contributed by atoms with Crippen LogP contribution in [0.2, 0.25) is 18.1 Å². The summed E-state index contributed by atoms with van der Waals surface area (Å²) in [5.41, 5.74) is 2.53. The van der Waals surface area contributed by atoms with Gasteiger partial charge in [0.1, 0.15) is 0 Å². The third-order valence-corrected chi connectivity index (χ3v) is 10.6. The predicted octanol–water partition coefficient (Wildman–Crippen LogP) is 4.96. The van der Waals surface area contributed by atoms with Crippen molar-refractivity contribution in [2.75, 3.05) is 0 Å². The first-order valence-electron chi connectivity index (χ1n) is 9.14. The van der Waals surface area contributed by atoms with Gasteiger partial charge in [-0.1, -0.05) is 34.6 Å². The maximum Gasteiger partial charge on any atom is 0.250 e. The van der Waals surface area contributed by atoms with E-state index < -0.39 is 8.32 Å². The molecule has 0 aromatic carbocycles. The lowest BCUT2D eigenvalue weighted by Gasteiger charge is -2.38. The van der Waals surface area contributed by atoms with Gasteiger partial charge in [-0.25, -0.2) is 0 Å². The summed E-state index contributed by atoms with van der Waals surface area (Å²) < 4.78 is 6.59. The number of carbonyl (C=O) groups excluding carboxylic acids is 2. The summed E-state index contributed by atoms with van der Waals surface area (Å²) >= 11 is 0. The number of Topliss-reactive ketones (excluding diaryl/α,β-unsaturated/α-hetero) is 2. The summed E-state index contributed by atoms with van der Waals surface area (Å²) in [6.45, 7) is 14.1.